The first kappa shape index (κ1) is 26.6. The van der Waals surface area contributed by atoms with Crippen molar-refractivity contribution >= 4 is 29.9 Å². The monoisotopic (exact) mass is 515 g/mol. The van der Waals surface area contributed by atoms with E-state index in [-0.39, 0.29) is 36.3 Å². The van der Waals surface area contributed by atoms with Crippen molar-refractivity contribution in [2.24, 2.45) is 10.9 Å². The number of hydrogen-bond donors (Lipinski definition) is 2. The number of aliphatic imine (C=N–C) groups is 1. The van der Waals surface area contributed by atoms with Crippen LogP contribution in [-0.2, 0) is 11.3 Å². The third-order valence-electron chi connectivity index (χ3n) is 3.62. The van der Waals surface area contributed by atoms with Gasteiger partial charge in [-0.05, 0) is 25.3 Å². The minimum atomic E-state index is -2.93. The van der Waals surface area contributed by atoms with E-state index in [9.17, 15) is 8.78 Å². The normalized spacial score (nSPS) is 11.4. The molecule has 28 heavy (non-hydrogen) atoms. The molecule has 1 aromatic rings. The lowest BCUT2D eigenvalue weighted by Crippen LogP contribution is -2.38. The summed E-state index contributed by atoms with van der Waals surface area (Å²) in [6.45, 7) is 5.67. The number of halogens is 3. The number of rotatable bonds is 12. The zero-order valence-electron chi connectivity index (χ0n) is 17.0. The zero-order valence-corrected chi connectivity index (χ0v) is 19.3. The number of benzene rings is 1. The SMILES string of the molecule is CCOc1cccc(CNC(=NC)NCCOCCC(C)C)c1OC(F)F.I. The van der Waals surface area contributed by atoms with Crippen molar-refractivity contribution in [2.45, 2.75) is 40.3 Å². The number of para-hydroxylation sites is 1. The Balaban J connectivity index is 0.00000729. The van der Waals surface area contributed by atoms with E-state index in [1.807, 2.05) is 0 Å². The lowest BCUT2D eigenvalue weighted by atomic mass is 10.1. The summed E-state index contributed by atoms with van der Waals surface area (Å²) in [7, 11) is 1.64. The Bertz CT molecular complexity index is 575. The van der Waals surface area contributed by atoms with E-state index in [2.05, 4.69) is 34.2 Å². The Labute approximate surface area is 183 Å². The van der Waals surface area contributed by atoms with Gasteiger partial charge in [0, 0.05) is 32.3 Å². The smallest absolute Gasteiger partial charge is 0.387 e. The highest BCUT2D eigenvalue weighted by atomic mass is 127. The third-order valence-corrected chi connectivity index (χ3v) is 3.62. The summed E-state index contributed by atoms with van der Waals surface area (Å²) in [6.07, 6.45) is 1.02. The highest BCUT2D eigenvalue weighted by Gasteiger charge is 2.15. The molecule has 0 fully saturated rings. The number of nitrogens with zero attached hydrogens (tertiary/aromatic N) is 1. The maximum absolute atomic E-state index is 12.8. The minimum Gasteiger partial charge on any atom is -0.490 e. The van der Waals surface area contributed by atoms with Gasteiger partial charge < -0.3 is 24.8 Å². The van der Waals surface area contributed by atoms with Crippen molar-refractivity contribution in [3.8, 4) is 11.5 Å². The second-order valence-corrected chi connectivity index (χ2v) is 6.20. The van der Waals surface area contributed by atoms with Crippen LogP contribution < -0.4 is 20.1 Å². The van der Waals surface area contributed by atoms with E-state index in [0.29, 0.717) is 42.9 Å². The molecule has 0 saturated carbocycles. The van der Waals surface area contributed by atoms with E-state index < -0.39 is 6.61 Å². The molecule has 1 rings (SSSR count). The molecular weight excluding hydrogens is 483 g/mol. The van der Waals surface area contributed by atoms with Gasteiger partial charge in [-0.1, -0.05) is 26.0 Å². The molecule has 6 nitrogen and oxygen atoms in total. The van der Waals surface area contributed by atoms with Crippen molar-refractivity contribution < 1.29 is 23.0 Å². The second kappa shape index (κ2) is 15.5. The van der Waals surface area contributed by atoms with Crippen LogP contribution in [0.4, 0.5) is 8.78 Å². The predicted molar refractivity (Wildman–Crippen MR) is 118 cm³/mol. The van der Waals surface area contributed by atoms with Crippen LogP contribution in [-0.4, -0.2) is 46.0 Å². The van der Waals surface area contributed by atoms with Crippen molar-refractivity contribution in [2.75, 3.05) is 33.4 Å². The van der Waals surface area contributed by atoms with Crippen molar-refractivity contribution in [3.05, 3.63) is 23.8 Å². The molecule has 0 atom stereocenters. The average molecular weight is 515 g/mol. The van der Waals surface area contributed by atoms with Crippen molar-refractivity contribution in [3.63, 3.8) is 0 Å². The lowest BCUT2D eigenvalue weighted by molar-refractivity contribution is -0.0520. The fourth-order valence-corrected chi connectivity index (χ4v) is 2.25. The van der Waals surface area contributed by atoms with Gasteiger partial charge in [0.1, 0.15) is 0 Å². The standard InChI is InChI=1S/C19H31F2N3O3.HI/c1-5-26-16-8-6-7-15(17(16)27-18(20)21)13-24-19(22-4)23-10-12-25-11-9-14(2)3;/h6-8,14,18H,5,9-13H2,1-4H3,(H2,22,23,24);1H. The van der Waals surface area contributed by atoms with E-state index in [4.69, 9.17) is 9.47 Å². The largest absolute Gasteiger partial charge is 0.490 e. The topological polar surface area (TPSA) is 64.1 Å². The van der Waals surface area contributed by atoms with Crippen molar-refractivity contribution in [1.82, 2.24) is 10.6 Å². The van der Waals surface area contributed by atoms with E-state index >= 15 is 0 Å². The first-order valence-corrected chi connectivity index (χ1v) is 9.19. The lowest BCUT2D eigenvalue weighted by Gasteiger charge is -2.17. The molecule has 9 heteroatoms. The summed E-state index contributed by atoms with van der Waals surface area (Å²) in [5.41, 5.74) is 0.553. The molecule has 0 spiro atoms. The number of guanidine groups is 1. The van der Waals surface area contributed by atoms with Gasteiger partial charge in [-0.25, -0.2) is 0 Å². The first-order valence-electron chi connectivity index (χ1n) is 9.19. The fourth-order valence-electron chi connectivity index (χ4n) is 2.25. The second-order valence-electron chi connectivity index (χ2n) is 6.20. The van der Waals surface area contributed by atoms with Gasteiger partial charge in [0.2, 0.25) is 0 Å². The van der Waals surface area contributed by atoms with Crippen LogP contribution in [0.1, 0.15) is 32.8 Å². The number of alkyl halides is 2. The van der Waals surface area contributed by atoms with E-state index in [1.54, 1.807) is 32.2 Å². The van der Waals surface area contributed by atoms with Crippen LogP contribution in [0.2, 0.25) is 0 Å². The number of ether oxygens (including phenoxy) is 3. The summed E-state index contributed by atoms with van der Waals surface area (Å²) < 4.78 is 41.1. The first-order chi connectivity index (χ1) is 13.0. The summed E-state index contributed by atoms with van der Waals surface area (Å²) in [5, 5.41) is 6.20. The van der Waals surface area contributed by atoms with Gasteiger partial charge in [0.25, 0.3) is 0 Å². The average Bonchev–Trinajstić information content (AvgIpc) is 2.62. The fraction of sp³-hybridized carbons (Fsp3) is 0.632. The molecule has 0 heterocycles. The maximum atomic E-state index is 12.8. The molecule has 0 aliphatic rings. The molecular formula is C19H32F2IN3O3. The Kier molecular flexibility index (Phi) is 14.8. The highest BCUT2D eigenvalue weighted by molar-refractivity contribution is 14.0. The molecule has 0 aliphatic heterocycles. The Hall–Kier alpha value is -1.36. The molecule has 0 aromatic heterocycles. The van der Waals surface area contributed by atoms with Crippen LogP contribution in [0.5, 0.6) is 11.5 Å². The molecule has 2 N–H and O–H groups in total. The molecule has 0 bridgehead atoms. The third kappa shape index (κ3) is 10.8. The van der Waals surface area contributed by atoms with Gasteiger partial charge in [-0.15, -0.1) is 24.0 Å². The van der Waals surface area contributed by atoms with Gasteiger partial charge in [0.05, 0.1) is 13.2 Å². The van der Waals surface area contributed by atoms with Crippen LogP contribution in [0.15, 0.2) is 23.2 Å². The minimum absolute atomic E-state index is 0. The van der Waals surface area contributed by atoms with E-state index in [0.717, 1.165) is 13.0 Å². The maximum Gasteiger partial charge on any atom is 0.387 e. The Morgan fingerprint density at radius 3 is 2.54 bits per heavy atom. The van der Waals surface area contributed by atoms with Gasteiger partial charge in [-0.3, -0.25) is 4.99 Å². The molecule has 0 unspecified atom stereocenters. The molecule has 1 aromatic carbocycles. The van der Waals surface area contributed by atoms with Crippen molar-refractivity contribution in [1.29, 1.82) is 0 Å². The van der Waals surface area contributed by atoms with Crippen LogP contribution in [0, 0.1) is 5.92 Å². The quantitative estimate of drug-likeness (QED) is 0.191. The summed E-state index contributed by atoms with van der Waals surface area (Å²) >= 11 is 0. The Morgan fingerprint density at radius 2 is 1.93 bits per heavy atom. The van der Waals surface area contributed by atoms with E-state index in [1.165, 1.54) is 0 Å². The van der Waals surface area contributed by atoms with Gasteiger partial charge in [-0.2, -0.15) is 8.78 Å². The van der Waals surface area contributed by atoms with Crippen LogP contribution >= 0.6 is 24.0 Å². The van der Waals surface area contributed by atoms with Gasteiger partial charge >= 0.3 is 6.61 Å². The summed E-state index contributed by atoms with van der Waals surface area (Å²) in [5.74, 6) is 1.49. The zero-order chi connectivity index (χ0) is 20.1. The number of hydrogen-bond acceptors (Lipinski definition) is 4. The summed E-state index contributed by atoms with van der Waals surface area (Å²) in [4.78, 5) is 4.12. The predicted octanol–water partition coefficient (Wildman–Crippen LogP) is 4.03. The van der Waals surface area contributed by atoms with Crippen LogP contribution in [0.25, 0.3) is 0 Å². The highest BCUT2D eigenvalue weighted by Crippen LogP contribution is 2.32. The molecule has 0 radical (unpaired) electrons. The van der Waals surface area contributed by atoms with Gasteiger partial charge in [0.15, 0.2) is 17.5 Å². The summed E-state index contributed by atoms with van der Waals surface area (Å²) in [6, 6.07) is 5.04. The Morgan fingerprint density at radius 1 is 1.18 bits per heavy atom. The molecule has 0 amide bonds. The molecule has 0 aliphatic carbocycles. The number of nitrogens with one attached hydrogen (secondary N) is 2. The molecule has 0 saturated heterocycles. The molecule has 162 valence electrons. The van der Waals surface area contributed by atoms with Crippen LogP contribution in [0.3, 0.4) is 0 Å².